The number of hydrogen-bond donors (Lipinski definition) is 1. The van der Waals surface area contributed by atoms with Crippen molar-refractivity contribution in [3.63, 3.8) is 0 Å². The molecule has 2 aliphatic rings. The van der Waals surface area contributed by atoms with Gasteiger partial charge in [-0.25, -0.2) is 9.37 Å². The lowest BCUT2D eigenvalue weighted by atomic mass is 9.76. The van der Waals surface area contributed by atoms with E-state index in [1.54, 1.807) is 19.1 Å². The van der Waals surface area contributed by atoms with Gasteiger partial charge in [0.25, 0.3) is 11.8 Å². The first-order chi connectivity index (χ1) is 21.1. The molecule has 44 heavy (non-hydrogen) atoms. The van der Waals surface area contributed by atoms with Crippen molar-refractivity contribution in [2.75, 3.05) is 64.9 Å². The lowest BCUT2D eigenvalue weighted by molar-refractivity contribution is -0.0987. The maximum Gasteiger partial charge on any atom is 0.282 e. The molecule has 4 rings (SSSR count). The molecule has 11 nitrogen and oxygen atoms in total. The van der Waals surface area contributed by atoms with Crippen LogP contribution >= 0.6 is 0 Å². The third kappa shape index (κ3) is 8.01. The lowest BCUT2D eigenvalue weighted by Crippen LogP contribution is -2.62. The monoisotopic (exact) mass is 615 g/mol. The Hall–Kier alpha value is -2.93. The third-order valence-electron chi connectivity index (χ3n) is 8.92. The summed E-state index contributed by atoms with van der Waals surface area (Å²) in [5.74, 6) is 0.799. The van der Waals surface area contributed by atoms with Crippen LogP contribution in [-0.2, 0) is 9.47 Å². The second kappa shape index (κ2) is 15.4. The molecule has 1 amide bonds. The Morgan fingerprint density at radius 1 is 1.16 bits per heavy atom. The number of carbonyl (C=O) groups is 1. The summed E-state index contributed by atoms with van der Waals surface area (Å²) >= 11 is 0. The molecule has 244 valence electrons. The summed E-state index contributed by atoms with van der Waals surface area (Å²) in [6.45, 7) is 16.2. The van der Waals surface area contributed by atoms with E-state index < -0.39 is 5.82 Å². The first kappa shape index (κ1) is 34.0. The van der Waals surface area contributed by atoms with E-state index in [-0.39, 0.29) is 40.8 Å². The highest BCUT2D eigenvalue weighted by molar-refractivity contribution is 5.97. The molecule has 1 spiro atoms. The predicted octanol–water partition coefficient (Wildman–Crippen LogP) is 4.20. The molecule has 1 aromatic carbocycles. The highest BCUT2D eigenvalue weighted by Crippen LogP contribution is 2.44. The highest BCUT2D eigenvalue weighted by Gasteiger charge is 2.50. The smallest absolute Gasteiger partial charge is 0.282 e. The molecule has 0 unspecified atom stereocenters. The zero-order chi connectivity index (χ0) is 31.9. The maximum absolute atomic E-state index is 14.3. The van der Waals surface area contributed by atoms with Gasteiger partial charge in [0, 0.05) is 71.0 Å². The van der Waals surface area contributed by atoms with Crippen LogP contribution in [0.1, 0.15) is 64.2 Å². The number of carbonyl (C=O) groups excluding carboxylic acids is 1. The van der Waals surface area contributed by atoms with Crippen LogP contribution in [0.4, 0.5) is 10.2 Å². The molecule has 0 bridgehead atoms. The van der Waals surface area contributed by atoms with Crippen LogP contribution in [0.2, 0.25) is 0 Å². The fraction of sp³-hybridized carbons (Fsp3) is 0.688. The van der Waals surface area contributed by atoms with Crippen molar-refractivity contribution in [2.24, 2.45) is 11.3 Å². The number of ether oxygens (including phenoxy) is 3. The summed E-state index contributed by atoms with van der Waals surface area (Å²) in [4.78, 5) is 24.4. The predicted molar refractivity (Wildman–Crippen MR) is 168 cm³/mol. The summed E-state index contributed by atoms with van der Waals surface area (Å²) < 4.78 is 31.0. The Labute approximate surface area is 261 Å². The van der Waals surface area contributed by atoms with Gasteiger partial charge in [-0.2, -0.15) is 0 Å². The molecule has 1 atom stereocenters. The van der Waals surface area contributed by atoms with E-state index in [1.165, 1.54) is 24.5 Å². The topological polar surface area (TPSA) is 105 Å². The molecular formula is C32H50FN7O4. The molecule has 2 saturated heterocycles. The standard InChI is InChI=1S/C32H50FN7O4/c1-8-40(23(4)5)31(41)25-16-24(33)11-12-27(25)44-30-29(35-21-36-37-30)38-15-13-32(18-38)19-39(20-32)26(22(2)3)10-9-14-34-17-28(42-6)43-7/h11-12,16,21-23,26,28,34H,8-10,13-15,17-20H2,1-7H3/t26-/m1/s1. The van der Waals surface area contributed by atoms with Crippen LogP contribution in [0, 0.1) is 17.2 Å². The second-order valence-electron chi connectivity index (χ2n) is 12.7. The molecular weight excluding hydrogens is 565 g/mol. The van der Waals surface area contributed by atoms with E-state index in [1.807, 2.05) is 20.8 Å². The van der Waals surface area contributed by atoms with Crippen molar-refractivity contribution in [2.45, 2.75) is 72.3 Å². The van der Waals surface area contributed by atoms with Gasteiger partial charge in [-0.05, 0) is 70.7 Å². The molecule has 2 aromatic rings. The molecule has 12 heteroatoms. The maximum atomic E-state index is 14.3. The number of nitrogens with one attached hydrogen (secondary N) is 1. The van der Waals surface area contributed by atoms with Gasteiger partial charge in [-0.3, -0.25) is 9.69 Å². The van der Waals surface area contributed by atoms with Crippen LogP contribution in [0.25, 0.3) is 0 Å². The summed E-state index contributed by atoms with van der Waals surface area (Å²) in [5, 5.41) is 11.6. The minimum atomic E-state index is -0.504. The Morgan fingerprint density at radius 3 is 2.57 bits per heavy atom. The minimum Gasteiger partial charge on any atom is -0.434 e. The lowest BCUT2D eigenvalue weighted by Gasteiger charge is -2.53. The quantitative estimate of drug-likeness (QED) is 0.218. The van der Waals surface area contributed by atoms with Crippen LogP contribution in [0.5, 0.6) is 11.6 Å². The van der Waals surface area contributed by atoms with Gasteiger partial charge in [0.1, 0.15) is 17.9 Å². The van der Waals surface area contributed by atoms with Gasteiger partial charge in [0.15, 0.2) is 12.1 Å². The average Bonchev–Trinajstić information content (AvgIpc) is 3.43. The zero-order valence-electron chi connectivity index (χ0n) is 27.4. The first-order valence-corrected chi connectivity index (χ1v) is 15.8. The number of amides is 1. The summed E-state index contributed by atoms with van der Waals surface area (Å²) in [7, 11) is 3.31. The molecule has 0 saturated carbocycles. The molecule has 2 fully saturated rings. The van der Waals surface area contributed by atoms with E-state index in [9.17, 15) is 9.18 Å². The van der Waals surface area contributed by atoms with Gasteiger partial charge in [-0.15, -0.1) is 10.2 Å². The summed E-state index contributed by atoms with van der Waals surface area (Å²) in [6.07, 6.45) is 4.47. The molecule has 1 aromatic heterocycles. The second-order valence-corrected chi connectivity index (χ2v) is 12.7. The van der Waals surface area contributed by atoms with Crippen LogP contribution in [0.15, 0.2) is 24.5 Å². The van der Waals surface area contributed by atoms with Gasteiger partial charge >= 0.3 is 0 Å². The zero-order valence-corrected chi connectivity index (χ0v) is 27.4. The number of benzene rings is 1. The Kier molecular flexibility index (Phi) is 11.9. The number of rotatable bonds is 16. The fourth-order valence-corrected chi connectivity index (χ4v) is 6.58. The number of nitrogens with zero attached hydrogens (tertiary/aromatic N) is 6. The van der Waals surface area contributed by atoms with Crippen molar-refractivity contribution in [1.82, 2.24) is 30.3 Å². The van der Waals surface area contributed by atoms with Gasteiger partial charge in [0.2, 0.25) is 0 Å². The average molecular weight is 616 g/mol. The van der Waals surface area contributed by atoms with Gasteiger partial charge in [0.05, 0.1) is 5.56 Å². The van der Waals surface area contributed by atoms with Crippen LogP contribution < -0.4 is 15.0 Å². The van der Waals surface area contributed by atoms with E-state index in [0.717, 1.165) is 52.0 Å². The summed E-state index contributed by atoms with van der Waals surface area (Å²) in [5.41, 5.74) is 0.338. The van der Waals surface area contributed by atoms with E-state index in [0.29, 0.717) is 30.9 Å². The highest BCUT2D eigenvalue weighted by atomic mass is 19.1. The van der Waals surface area contributed by atoms with Crippen molar-refractivity contribution < 1.29 is 23.4 Å². The Morgan fingerprint density at radius 2 is 1.91 bits per heavy atom. The number of methoxy groups -OCH3 is 2. The number of likely N-dealkylation sites (tertiary alicyclic amines) is 1. The van der Waals surface area contributed by atoms with E-state index in [4.69, 9.17) is 14.2 Å². The van der Waals surface area contributed by atoms with Gasteiger partial charge < -0.3 is 29.3 Å². The van der Waals surface area contributed by atoms with Crippen molar-refractivity contribution in [3.05, 3.63) is 35.9 Å². The van der Waals surface area contributed by atoms with Crippen LogP contribution in [-0.4, -0.2) is 109 Å². The number of halogens is 1. The van der Waals surface area contributed by atoms with Crippen molar-refractivity contribution >= 4 is 11.7 Å². The number of anilines is 1. The fourth-order valence-electron chi connectivity index (χ4n) is 6.58. The summed E-state index contributed by atoms with van der Waals surface area (Å²) in [6, 6.07) is 4.46. The van der Waals surface area contributed by atoms with Crippen LogP contribution in [0.3, 0.4) is 0 Å². The molecule has 2 aliphatic heterocycles. The van der Waals surface area contributed by atoms with Crippen molar-refractivity contribution in [1.29, 1.82) is 0 Å². The normalized spacial score (nSPS) is 17.1. The number of aromatic nitrogens is 3. The Bertz CT molecular complexity index is 1220. The molecule has 3 heterocycles. The van der Waals surface area contributed by atoms with Gasteiger partial charge in [-0.1, -0.05) is 13.8 Å². The van der Waals surface area contributed by atoms with E-state index >= 15 is 0 Å². The number of hydrogen-bond acceptors (Lipinski definition) is 10. The first-order valence-electron chi connectivity index (χ1n) is 15.8. The Balaban J connectivity index is 1.39. The molecule has 0 aliphatic carbocycles. The van der Waals surface area contributed by atoms with E-state index in [2.05, 4.69) is 44.1 Å². The molecule has 0 radical (unpaired) electrons. The molecule has 1 N–H and O–H groups in total. The third-order valence-corrected chi connectivity index (χ3v) is 8.92. The minimum absolute atomic E-state index is 0.0447. The van der Waals surface area contributed by atoms with Crippen molar-refractivity contribution in [3.8, 4) is 11.6 Å². The SMILES string of the molecule is CCN(C(=O)c1cc(F)ccc1Oc1nncnc1N1CCC2(C1)CN([C@H](CCCNCC(OC)OC)C(C)C)C2)C(C)C. The largest absolute Gasteiger partial charge is 0.434 e.